The highest BCUT2D eigenvalue weighted by molar-refractivity contribution is 14.1. The van der Waals surface area contributed by atoms with Gasteiger partial charge in [0.15, 0.2) is 11.5 Å². The van der Waals surface area contributed by atoms with Crippen LogP contribution in [0.3, 0.4) is 0 Å². The number of halogens is 1. The average Bonchev–Trinajstić information content (AvgIpc) is 2.27. The minimum atomic E-state index is -0.937. The number of hydrogen-bond donors (Lipinski definition) is 1. The van der Waals surface area contributed by atoms with Crippen LogP contribution in [0.4, 0.5) is 0 Å². The van der Waals surface area contributed by atoms with Crippen molar-refractivity contribution in [3.8, 4) is 11.5 Å². The molecular weight excluding hydrogens is 339 g/mol. The SMILES string of the molecule is COc1cc(C(I)C(=O)O)ccc1OC(C)=O. The van der Waals surface area contributed by atoms with Crippen molar-refractivity contribution in [3.63, 3.8) is 0 Å². The van der Waals surface area contributed by atoms with E-state index in [2.05, 4.69) is 0 Å². The van der Waals surface area contributed by atoms with Crippen molar-refractivity contribution in [2.45, 2.75) is 10.8 Å². The number of carboxylic acid groups (broad SMARTS) is 1. The van der Waals surface area contributed by atoms with E-state index >= 15 is 0 Å². The second-order valence-corrected chi connectivity index (χ2v) is 4.45. The van der Waals surface area contributed by atoms with Gasteiger partial charge in [-0.25, -0.2) is 0 Å². The number of ether oxygens (including phenoxy) is 2. The molecule has 1 atom stereocenters. The molecule has 1 N–H and O–H groups in total. The van der Waals surface area contributed by atoms with Gasteiger partial charge in [0.1, 0.15) is 3.92 Å². The lowest BCUT2D eigenvalue weighted by Gasteiger charge is -2.11. The van der Waals surface area contributed by atoms with Gasteiger partial charge < -0.3 is 14.6 Å². The Labute approximate surface area is 112 Å². The van der Waals surface area contributed by atoms with Crippen LogP contribution >= 0.6 is 22.6 Å². The number of methoxy groups -OCH3 is 1. The van der Waals surface area contributed by atoms with Crippen molar-refractivity contribution in [1.82, 2.24) is 0 Å². The van der Waals surface area contributed by atoms with E-state index in [1.165, 1.54) is 20.1 Å². The molecule has 5 nitrogen and oxygen atoms in total. The monoisotopic (exact) mass is 350 g/mol. The molecule has 92 valence electrons. The summed E-state index contributed by atoms with van der Waals surface area (Å²) >= 11 is 1.80. The Bertz CT molecular complexity index is 443. The molecule has 0 saturated carbocycles. The Kier molecular flexibility index (Phi) is 4.73. The molecule has 0 amide bonds. The van der Waals surface area contributed by atoms with Crippen molar-refractivity contribution in [3.05, 3.63) is 23.8 Å². The molecule has 0 aromatic heterocycles. The first kappa shape index (κ1) is 13.8. The number of carbonyl (C=O) groups is 2. The first-order chi connectivity index (χ1) is 7.95. The summed E-state index contributed by atoms with van der Waals surface area (Å²) < 4.78 is 9.29. The summed E-state index contributed by atoms with van der Waals surface area (Å²) in [6, 6.07) is 4.65. The van der Waals surface area contributed by atoms with E-state index in [9.17, 15) is 9.59 Å². The third-order valence-electron chi connectivity index (χ3n) is 1.95. The molecule has 1 aromatic rings. The maximum Gasteiger partial charge on any atom is 0.321 e. The number of esters is 1. The minimum Gasteiger partial charge on any atom is -0.493 e. The lowest BCUT2D eigenvalue weighted by Crippen LogP contribution is -2.06. The van der Waals surface area contributed by atoms with Gasteiger partial charge in [0.05, 0.1) is 7.11 Å². The summed E-state index contributed by atoms with van der Waals surface area (Å²) in [5, 5.41) is 8.88. The van der Waals surface area contributed by atoms with E-state index < -0.39 is 15.9 Å². The quantitative estimate of drug-likeness (QED) is 0.390. The zero-order valence-electron chi connectivity index (χ0n) is 9.27. The minimum absolute atomic E-state index is 0.276. The fourth-order valence-electron chi connectivity index (χ4n) is 1.22. The van der Waals surface area contributed by atoms with Gasteiger partial charge in [-0.1, -0.05) is 28.7 Å². The lowest BCUT2D eigenvalue weighted by atomic mass is 10.1. The fraction of sp³-hybridized carbons (Fsp3) is 0.273. The van der Waals surface area contributed by atoms with Gasteiger partial charge in [0.2, 0.25) is 0 Å². The smallest absolute Gasteiger partial charge is 0.321 e. The zero-order valence-corrected chi connectivity index (χ0v) is 11.4. The number of rotatable bonds is 4. The molecule has 0 fully saturated rings. The predicted molar refractivity (Wildman–Crippen MR) is 68.7 cm³/mol. The number of carboxylic acids is 1. The van der Waals surface area contributed by atoms with Gasteiger partial charge >= 0.3 is 11.9 Å². The molecule has 0 bridgehead atoms. The molecule has 0 aliphatic carbocycles. The number of alkyl halides is 1. The molecule has 1 unspecified atom stereocenters. The van der Waals surface area contributed by atoms with E-state index in [-0.39, 0.29) is 5.75 Å². The third-order valence-corrected chi connectivity index (χ3v) is 3.20. The second-order valence-electron chi connectivity index (χ2n) is 3.20. The van der Waals surface area contributed by atoms with Crippen molar-refractivity contribution in [2.24, 2.45) is 0 Å². The highest BCUT2D eigenvalue weighted by atomic mass is 127. The summed E-state index contributed by atoms with van der Waals surface area (Å²) in [4.78, 5) is 21.7. The molecular formula is C11H11IO5. The van der Waals surface area contributed by atoms with Gasteiger partial charge in [-0.05, 0) is 17.7 Å². The number of carbonyl (C=O) groups excluding carboxylic acids is 1. The van der Waals surface area contributed by atoms with Crippen molar-refractivity contribution in [1.29, 1.82) is 0 Å². The summed E-state index contributed by atoms with van der Waals surface area (Å²) in [6.45, 7) is 1.28. The van der Waals surface area contributed by atoms with Crippen molar-refractivity contribution >= 4 is 34.5 Å². The Hall–Kier alpha value is -1.31. The average molecular weight is 350 g/mol. The van der Waals surface area contributed by atoms with E-state index in [0.717, 1.165) is 0 Å². The third kappa shape index (κ3) is 3.58. The topological polar surface area (TPSA) is 72.8 Å². The van der Waals surface area contributed by atoms with E-state index in [1.807, 2.05) is 0 Å². The van der Waals surface area contributed by atoms with Gasteiger partial charge in [-0.2, -0.15) is 0 Å². The maximum atomic E-state index is 10.8. The highest BCUT2D eigenvalue weighted by Gasteiger charge is 2.18. The number of aliphatic carboxylic acids is 1. The lowest BCUT2D eigenvalue weighted by molar-refractivity contribution is -0.136. The van der Waals surface area contributed by atoms with Crippen LogP contribution in [0, 0.1) is 0 Å². The van der Waals surface area contributed by atoms with Gasteiger partial charge in [-0.3, -0.25) is 9.59 Å². The number of hydrogen-bond acceptors (Lipinski definition) is 4. The Morgan fingerprint density at radius 1 is 1.35 bits per heavy atom. The first-order valence-electron chi connectivity index (χ1n) is 4.69. The van der Waals surface area contributed by atoms with Crippen LogP contribution in [-0.4, -0.2) is 24.2 Å². The van der Waals surface area contributed by atoms with Gasteiger partial charge in [0, 0.05) is 6.92 Å². The summed E-state index contributed by atoms with van der Waals surface area (Å²) in [6.07, 6.45) is 0. The van der Waals surface area contributed by atoms with Crippen molar-refractivity contribution in [2.75, 3.05) is 7.11 Å². The first-order valence-corrected chi connectivity index (χ1v) is 5.93. The van der Waals surface area contributed by atoms with Gasteiger partial charge in [0.25, 0.3) is 0 Å². The van der Waals surface area contributed by atoms with Crippen LogP contribution in [-0.2, 0) is 9.59 Å². The molecule has 0 saturated heterocycles. The Morgan fingerprint density at radius 2 is 2.00 bits per heavy atom. The Balaban J connectivity index is 3.07. The molecule has 0 aliphatic heterocycles. The summed E-state index contributed by atoms with van der Waals surface area (Å²) in [5.74, 6) is -0.786. The molecule has 0 heterocycles. The Morgan fingerprint density at radius 3 is 2.47 bits per heavy atom. The second kappa shape index (κ2) is 5.85. The highest BCUT2D eigenvalue weighted by Crippen LogP contribution is 2.33. The van der Waals surface area contributed by atoms with Crippen molar-refractivity contribution < 1.29 is 24.2 Å². The predicted octanol–water partition coefficient (Wildman–Crippen LogP) is 2.18. The van der Waals surface area contributed by atoms with Gasteiger partial charge in [-0.15, -0.1) is 0 Å². The molecule has 6 heteroatoms. The molecule has 0 spiro atoms. The maximum absolute atomic E-state index is 10.8. The van der Waals surface area contributed by atoms with Crippen LogP contribution in [0.2, 0.25) is 0 Å². The fourth-order valence-corrected chi connectivity index (χ4v) is 1.61. The largest absolute Gasteiger partial charge is 0.493 e. The van der Waals surface area contributed by atoms with Crippen LogP contribution in [0.1, 0.15) is 16.4 Å². The molecule has 1 aromatic carbocycles. The normalized spacial score (nSPS) is 11.7. The van der Waals surface area contributed by atoms with E-state index in [0.29, 0.717) is 11.3 Å². The number of benzene rings is 1. The standard InChI is InChI=1S/C11H11IO5/c1-6(13)17-8-4-3-7(5-9(8)16-2)10(12)11(14)15/h3-5,10H,1-2H3,(H,14,15). The molecule has 0 radical (unpaired) electrons. The van der Waals surface area contributed by atoms with Crippen LogP contribution < -0.4 is 9.47 Å². The summed E-state index contributed by atoms with van der Waals surface area (Å²) in [5.41, 5.74) is 0.575. The van der Waals surface area contributed by atoms with E-state index in [4.69, 9.17) is 14.6 Å². The molecule has 0 aliphatic rings. The van der Waals surface area contributed by atoms with Crippen LogP contribution in [0.25, 0.3) is 0 Å². The summed E-state index contributed by atoms with van der Waals surface area (Å²) in [7, 11) is 1.43. The van der Waals surface area contributed by atoms with Crippen LogP contribution in [0.15, 0.2) is 18.2 Å². The molecule has 1 rings (SSSR count). The zero-order chi connectivity index (χ0) is 13.0. The molecule has 17 heavy (non-hydrogen) atoms. The van der Waals surface area contributed by atoms with Crippen LogP contribution in [0.5, 0.6) is 11.5 Å². The van der Waals surface area contributed by atoms with E-state index in [1.54, 1.807) is 34.7 Å².